The van der Waals surface area contributed by atoms with Gasteiger partial charge in [0.25, 0.3) is 10.0 Å². The Hall–Kier alpha value is -3.65. The van der Waals surface area contributed by atoms with Crippen LogP contribution in [-0.4, -0.2) is 49.8 Å². The molecule has 1 N–H and O–H groups in total. The lowest BCUT2D eigenvalue weighted by Gasteiger charge is -2.35. The van der Waals surface area contributed by atoms with Gasteiger partial charge in [-0.2, -0.15) is 0 Å². The molecule has 214 valence electrons. The summed E-state index contributed by atoms with van der Waals surface area (Å²) in [6, 6.07) is 22.5. The Labute approximate surface area is 239 Å². The second-order valence-corrected chi connectivity index (χ2v) is 13.0. The Morgan fingerprint density at radius 1 is 0.900 bits per heavy atom. The van der Waals surface area contributed by atoms with Crippen LogP contribution in [-0.2, 0) is 26.0 Å². The highest BCUT2D eigenvalue weighted by molar-refractivity contribution is 7.92. The van der Waals surface area contributed by atoms with Crippen molar-refractivity contribution >= 4 is 27.5 Å². The van der Waals surface area contributed by atoms with Crippen LogP contribution in [0.1, 0.15) is 50.8 Å². The summed E-state index contributed by atoms with van der Waals surface area (Å²) in [6.07, 6.45) is 0.915. The molecule has 3 aromatic rings. The van der Waals surface area contributed by atoms with Crippen molar-refractivity contribution in [2.45, 2.75) is 70.9 Å². The molecule has 2 amide bonds. The second kappa shape index (κ2) is 13.1. The normalized spacial score (nSPS) is 12.4. The molecule has 1 atom stereocenters. The van der Waals surface area contributed by atoms with Gasteiger partial charge < -0.3 is 10.2 Å². The van der Waals surface area contributed by atoms with Crippen molar-refractivity contribution < 1.29 is 18.0 Å². The van der Waals surface area contributed by atoms with Crippen LogP contribution in [0.15, 0.2) is 83.8 Å². The Balaban J connectivity index is 2.04. The molecule has 0 aliphatic rings. The molecular weight excluding hydrogens is 522 g/mol. The maximum Gasteiger partial charge on any atom is 0.264 e. The van der Waals surface area contributed by atoms with E-state index in [9.17, 15) is 18.0 Å². The predicted octanol–water partition coefficient (Wildman–Crippen LogP) is 5.26. The molecule has 3 aromatic carbocycles. The van der Waals surface area contributed by atoms with Crippen LogP contribution < -0.4 is 9.62 Å². The van der Waals surface area contributed by atoms with E-state index in [1.165, 1.54) is 21.3 Å². The number of hydrogen-bond acceptors (Lipinski definition) is 4. The molecule has 0 saturated heterocycles. The number of rotatable bonds is 11. The summed E-state index contributed by atoms with van der Waals surface area (Å²) in [7, 11) is -4.08. The van der Waals surface area contributed by atoms with E-state index in [4.69, 9.17) is 0 Å². The van der Waals surface area contributed by atoms with Gasteiger partial charge in [0, 0.05) is 12.1 Å². The van der Waals surface area contributed by atoms with E-state index in [2.05, 4.69) is 5.32 Å². The highest BCUT2D eigenvalue weighted by atomic mass is 32.2. The number of anilines is 1. The summed E-state index contributed by atoms with van der Waals surface area (Å²) in [5, 5.41) is 3.00. The summed E-state index contributed by atoms with van der Waals surface area (Å²) in [5.74, 6) is -0.702. The molecule has 0 bridgehead atoms. The molecule has 0 fully saturated rings. The number of sulfonamides is 1. The Bertz CT molecular complexity index is 1400. The number of aryl methyl sites for hydroxylation is 2. The van der Waals surface area contributed by atoms with Crippen molar-refractivity contribution in [3.63, 3.8) is 0 Å². The first-order valence-electron chi connectivity index (χ1n) is 13.6. The van der Waals surface area contributed by atoms with E-state index in [1.807, 2.05) is 84.0 Å². The fourth-order valence-corrected chi connectivity index (χ4v) is 6.17. The highest BCUT2D eigenvalue weighted by Gasteiger charge is 2.34. The molecular formula is C32H41N3O4S. The SMILES string of the molecule is CC[C@@H](C(=O)NC(C)(C)C)N(CCc1ccccc1)C(=O)CN(c1ccc(C)cc1C)S(=O)(=O)c1ccccc1. The largest absolute Gasteiger partial charge is 0.350 e. The van der Waals surface area contributed by atoms with Gasteiger partial charge in [0.05, 0.1) is 10.6 Å². The van der Waals surface area contributed by atoms with Gasteiger partial charge >= 0.3 is 0 Å². The molecule has 0 saturated carbocycles. The quantitative estimate of drug-likeness (QED) is 0.345. The maximum atomic E-state index is 14.1. The number of carbonyl (C=O) groups excluding carboxylic acids is 2. The number of amides is 2. The van der Waals surface area contributed by atoms with Gasteiger partial charge in [0.1, 0.15) is 12.6 Å². The molecule has 0 aliphatic carbocycles. The van der Waals surface area contributed by atoms with Crippen LogP contribution in [0.3, 0.4) is 0 Å². The van der Waals surface area contributed by atoms with Crippen LogP contribution in [0.5, 0.6) is 0 Å². The zero-order chi connectivity index (χ0) is 29.5. The lowest BCUT2D eigenvalue weighted by molar-refractivity contribution is -0.140. The average Bonchev–Trinajstić information content (AvgIpc) is 2.90. The Morgan fingerprint density at radius 2 is 1.50 bits per heavy atom. The maximum absolute atomic E-state index is 14.1. The van der Waals surface area contributed by atoms with Crippen LogP contribution in [0, 0.1) is 13.8 Å². The van der Waals surface area contributed by atoms with E-state index >= 15 is 0 Å². The minimum atomic E-state index is -4.08. The van der Waals surface area contributed by atoms with E-state index in [0.717, 1.165) is 16.7 Å². The fourth-order valence-electron chi connectivity index (χ4n) is 4.67. The minimum Gasteiger partial charge on any atom is -0.350 e. The standard InChI is InChI=1S/C32H41N3O4S/c1-7-28(31(37)33-32(4,5)6)34(21-20-26-14-10-8-11-15-26)30(36)23-35(29-19-18-24(2)22-25(29)3)40(38,39)27-16-12-9-13-17-27/h8-19,22,28H,7,20-21,23H2,1-6H3,(H,33,37)/t28-/m0/s1. The number of nitrogens with one attached hydrogen (secondary N) is 1. The van der Waals surface area contributed by atoms with Gasteiger partial charge in [-0.25, -0.2) is 8.42 Å². The average molecular weight is 564 g/mol. The lowest BCUT2D eigenvalue weighted by Crippen LogP contribution is -2.56. The first-order valence-corrected chi connectivity index (χ1v) is 15.1. The van der Waals surface area contributed by atoms with Crippen LogP contribution in [0.25, 0.3) is 0 Å². The zero-order valence-electron chi connectivity index (χ0n) is 24.3. The first-order chi connectivity index (χ1) is 18.8. The Morgan fingerprint density at radius 3 is 2.05 bits per heavy atom. The van der Waals surface area contributed by atoms with Crippen molar-refractivity contribution in [1.29, 1.82) is 0 Å². The molecule has 0 radical (unpaired) electrons. The predicted molar refractivity (Wildman–Crippen MR) is 161 cm³/mol. The highest BCUT2D eigenvalue weighted by Crippen LogP contribution is 2.28. The summed E-state index contributed by atoms with van der Waals surface area (Å²) >= 11 is 0. The monoisotopic (exact) mass is 563 g/mol. The van der Waals surface area contributed by atoms with Gasteiger partial charge in [-0.3, -0.25) is 13.9 Å². The number of nitrogens with zero attached hydrogens (tertiary/aromatic N) is 2. The Kier molecular flexibility index (Phi) is 10.1. The number of carbonyl (C=O) groups is 2. The fraction of sp³-hybridized carbons (Fsp3) is 0.375. The summed E-state index contributed by atoms with van der Waals surface area (Å²) in [5.41, 5.74) is 2.69. The van der Waals surface area contributed by atoms with Crippen LogP contribution >= 0.6 is 0 Å². The van der Waals surface area contributed by atoms with Gasteiger partial charge in [-0.05, 0) is 76.8 Å². The summed E-state index contributed by atoms with van der Waals surface area (Å²) < 4.78 is 29.1. The van der Waals surface area contributed by atoms with Crippen molar-refractivity contribution in [3.8, 4) is 0 Å². The molecule has 3 rings (SSSR count). The third-order valence-corrected chi connectivity index (χ3v) is 8.37. The second-order valence-electron chi connectivity index (χ2n) is 11.1. The van der Waals surface area contributed by atoms with Crippen molar-refractivity contribution in [1.82, 2.24) is 10.2 Å². The van der Waals surface area contributed by atoms with Gasteiger partial charge in [0.15, 0.2) is 0 Å². The van der Waals surface area contributed by atoms with Gasteiger partial charge in [0.2, 0.25) is 11.8 Å². The van der Waals surface area contributed by atoms with E-state index in [1.54, 1.807) is 24.3 Å². The molecule has 8 heteroatoms. The van der Waals surface area contributed by atoms with Crippen molar-refractivity contribution in [2.24, 2.45) is 0 Å². The summed E-state index contributed by atoms with van der Waals surface area (Å²) in [6.45, 7) is 11.1. The number of benzene rings is 3. The van der Waals surface area contributed by atoms with Crippen molar-refractivity contribution in [2.75, 3.05) is 17.4 Å². The van der Waals surface area contributed by atoms with Crippen LogP contribution in [0.4, 0.5) is 5.69 Å². The third kappa shape index (κ3) is 7.94. The molecule has 0 unspecified atom stereocenters. The van der Waals surface area contributed by atoms with E-state index in [-0.39, 0.29) is 17.3 Å². The smallest absolute Gasteiger partial charge is 0.264 e. The first kappa shape index (κ1) is 30.9. The van der Waals surface area contributed by atoms with Gasteiger partial charge in [-0.1, -0.05) is 73.2 Å². The lowest BCUT2D eigenvalue weighted by atomic mass is 10.1. The van der Waals surface area contributed by atoms with Crippen molar-refractivity contribution in [3.05, 3.63) is 95.6 Å². The molecule has 0 aliphatic heterocycles. The number of hydrogen-bond donors (Lipinski definition) is 1. The molecule has 0 spiro atoms. The molecule has 0 heterocycles. The van der Waals surface area contributed by atoms with E-state index in [0.29, 0.717) is 18.5 Å². The zero-order valence-corrected chi connectivity index (χ0v) is 25.2. The third-order valence-electron chi connectivity index (χ3n) is 6.60. The minimum absolute atomic E-state index is 0.0936. The topological polar surface area (TPSA) is 86.8 Å². The molecule has 0 aromatic heterocycles. The van der Waals surface area contributed by atoms with Gasteiger partial charge in [-0.15, -0.1) is 0 Å². The van der Waals surface area contributed by atoms with Crippen LogP contribution in [0.2, 0.25) is 0 Å². The molecule has 7 nitrogen and oxygen atoms in total. The molecule has 40 heavy (non-hydrogen) atoms. The summed E-state index contributed by atoms with van der Waals surface area (Å²) in [4.78, 5) is 29.1. The van der Waals surface area contributed by atoms with E-state index < -0.39 is 34.1 Å².